The topological polar surface area (TPSA) is 93.4 Å². The highest BCUT2D eigenvalue weighted by atomic mass is 32.2. The first kappa shape index (κ1) is 13.0. The fraction of sp³-hybridized carbons (Fsp3) is 0.231. The van der Waals surface area contributed by atoms with Gasteiger partial charge >= 0.3 is 0 Å². The summed E-state index contributed by atoms with van der Waals surface area (Å²) in [6, 6.07) is 9.06. The normalized spacial score (nSPS) is 19.8. The molecule has 1 aliphatic heterocycles. The highest BCUT2D eigenvalue weighted by Gasteiger charge is 2.37. The first-order chi connectivity index (χ1) is 9.47. The molecule has 7 heteroatoms. The van der Waals surface area contributed by atoms with E-state index >= 15 is 0 Å². The van der Waals surface area contributed by atoms with Gasteiger partial charge < -0.3 is 4.90 Å². The summed E-state index contributed by atoms with van der Waals surface area (Å²) in [6.07, 6.45) is 1.60. The molecule has 0 radical (unpaired) electrons. The van der Waals surface area contributed by atoms with Crippen molar-refractivity contribution >= 4 is 32.5 Å². The van der Waals surface area contributed by atoms with Crippen molar-refractivity contribution in [3.05, 3.63) is 36.5 Å². The molecule has 2 aromatic rings. The van der Waals surface area contributed by atoms with Crippen LogP contribution >= 0.6 is 0 Å². The van der Waals surface area contributed by atoms with Crippen LogP contribution in [0.3, 0.4) is 0 Å². The summed E-state index contributed by atoms with van der Waals surface area (Å²) in [5.74, 6) is -0.236. The number of primary sulfonamides is 1. The molecule has 6 nitrogen and oxygen atoms in total. The summed E-state index contributed by atoms with van der Waals surface area (Å²) in [7, 11) is -3.71. The Balaban J connectivity index is 2.06. The molecular weight excluding hydrogens is 278 g/mol. The molecule has 1 aliphatic rings. The molecule has 1 aromatic heterocycles. The molecule has 0 spiro atoms. The van der Waals surface area contributed by atoms with Crippen LogP contribution in [-0.4, -0.2) is 31.1 Å². The second-order valence-electron chi connectivity index (χ2n) is 4.77. The molecule has 2 heterocycles. The maximum absolute atomic E-state index is 12.1. The minimum atomic E-state index is -3.71. The van der Waals surface area contributed by atoms with E-state index in [1.165, 1.54) is 4.90 Å². The van der Waals surface area contributed by atoms with E-state index in [0.29, 0.717) is 5.69 Å². The molecule has 3 rings (SSSR count). The van der Waals surface area contributed by atoms with E-state index < -0.39 is 15.3 Å². The predicted octanol–water partition coefficient (Wildman–Crippen LogP) is 0.629. The predicted molar refractivity (Wildman–Crippen MR) is 75.6 cm³/mol. The molecular formula is C13H13N3O3S. The third kappa shape index (κ3) is 2.14. The first-order valence-electron chi connectivity index (χ1n) is 6.12. The third-order valence-corrected chi connectivity index (χ3v) is 4.71. The second-order valence-corrected chi connectivity index (χ2v) is 6.61. The number of carbonyl (C=O) groups excluding carboxylic acids is 1. The number of hydrogen-bond donors (Lipinski definition) is 1. The lowest BCUT2D eigenvalue weighted by molar-refractivity contribution is -0.117. The van der Waals surface area contributed by atoms with Gasteiger partial charge in [0.15, 0.2) is 0 Å². The van der Waals surface area contributed by atoms with Crippen molar-refractivity contribution < 1.29 is 13.2 Å². The zero-order valence-corrected chi connectivity index (χ0v) is 11.4. The van der Waals surface area contributed by atoms with Gasteiger partial charge in [-0.3, -0.25) is 9.78 Å². The highest BCUT2D eigenvalue weighted by molar-refractivity contribution is 7.89. The summed E-state index contributed by atoms with van der Waals surface area (Å²) >= 11 is 0. The van der Waals surface area contributed by atoms with Crippen LogP contribution in [0.2, 0.25) is 0 Å². The average Bonchev–Trinajstić information content (AvgIpc) is 2.80. The number of pyridine rings is 1. The van der Waals surface area contributed by atoms with Gasteiger partial charge in [0.25, 0.3) is 0 Å². The minimum absolute atomic E-state index is 0.0739. The molecule has 2 N–H and O–H groups in total. The molecule has 1 aromatic carbocycles. The minimum Gasteiger partial charge on any atom is -0.310 e. The lowest BCUT2D eigenvalue weighted by Gasteiger charge is -2.18. The van der Waals surface area contributed by atoms with Gasteiger partial charge in [0.2, 0.25) is 15.9 Å². The molecule has 20 heavy (non-hydrogen) atoms. The summed E-state index contributed by atoms with van der Waals surface area (Å²) in [5.41, 5.74) is 1.43. The first-order valence-corrected chi connectivity index (χ1v) is 7.73. The van der Waals surface area contributed by atoms with Crippen molar-refractivity contribution in [2.24, 2.45) is 5.14 Å². The lowest BCUT2D eigenvalue weighted by atomic mass is 10.1. The number of aromatic nitrogens is 1. The summed E-state index contributed by atoms with van der Waals surface area (Å²) in [5, 5.41) is 5.11. The Bertz CT molecular complexity index is 783. The molecule has 1 saturated heterocycles. The second kappa shape index (κ2) is 4.53. The number of fused-ring (bicyclic) bond motifs is 1. The van der Waals surface area contributed by atoms with E-state index in [1.807, 2.05) is 12.1 Å². The van der Waals surface area contributed by atoms with E-state index in [2.05, 4.69) is 4.98 Å². The average molecular weight is 291 g/mol. The Labute approximate surface area is 116 Å². The van der Waals surface area contributed by atoms with Crippen molar-refractivity contribution in [2.75, 3.05) is 11.4 Å². The number of hydrogen-bond acceptors (Lipinski definition) is 4. The van der Waals surface area contributed by atoms with Crippen molar-refractivity contribution in [1.82, 2.24) is 4.98 Å². The Morgan fingerprint density at radius 2 is 2.05 bits per heavy atom. The largest absolute Gasteiger partial charge is 0.310 e. The van der Waals surface area contributed by atoms with Gasteiger partial charge in [-0.25, -0.2) is 13.6 Å². The van der Waals surface area contributed by atoms with Crippen LogP contribution in [-0.2, 0) is 14.8 Å². The number of sulfonamides is 1. The van der Waals surface area contributed by atoms with Gasteiger partial charge in [-0.1, -0.05) is 6.07 Å². The molecule has 1 amide bonds. The van der Waals surface area contributed by atoms with Crippen molar-refractivity contribution in [2.45, 2.75) is 11.7 Å². The van der Waals surface area contributed by atoms with Gasteiger partial charge in [0.05, 0.1) is 11.2 Å². The highest BCUT2D eigenvalue weighted by Crippen LogP contribution is 2.30. The van der Waals surface area contributed by atoms with Crippen molar-refractivity contribution in [3.8, 4) is 0 Å². The van der Waals surface area contributed by atoms with Gasteiger partial charge in [0, 0.05) is 24.5 Å². The Morgan fingerprint density at radius 3 is 2.75 bits per heavy atom. The van der Waals surface area contributed by atoms with Crippen LogP contribution < -0.4 is 10.0 Å². The van der Waals surface area contributed by atoms with E-state index in [4.69, 9.17) is 5.14 Å². The zero-order chi connectivity index (χ0) is 14.3. The third-order valence-electron chi connectivity index (χ3n) is 3.47. The monoisotopic (exact) mass is 291 g/mol. The SMILES string of the molecule is NS(=O)(=O)C1CC(=O)N(c2cccc3ncccc23)C1. The molecule has 1 unspecified atom stereocenters. The van der Waals surface area contributed by atoms with Crippen molar-refractivity contribution in [3.63, 3.8) is 0 Å². The van der Waals surface area contributed by atoms with Gasteiger partial charge in [-0.05, 0) is 24.3 Å². The summed E-state index contributed by atoms with van der Waals surface area (Å²) in [4.78, 5) is 17.8. The van der Waals surface area contributed by atoms with Crippen LogP contribution in [0.4, 0.5) is 5.69 Å². The van der Waals surface area contributed by atoms with E-state index in [-0.39, 0.29) is 18.9 Å². The lowest BCUT2D eigenvalue weighted by Crippen LogP contribution is -2.32. The van der Waals surface area contributed by atoms with Gasteiger partial charge in [0.1, 0.15) is 5.25 Å². The molecule has 0 aliphatic carbocycles. The Hall–Kier alpha value is -1.99. The number of nitrogens with zero attached hydrogens (tertiary/aromatic N) is 2. The number of amides is 1. The van der Waals surface area contributed by atoms with Crippen LogP contribution in [0.1, 0.15) is 6.42 Å². The number of nitrogens with two attached hydrogens (primary N) is 1. The van der Waals surface area contributed by atoms with Crippen LogP contribution in [0.25, 0.3) is 10.9 Å². The van der Waals surface area contributed by atoms with Crippen LogP contribution in [0, 0.1) is 0 Å². The van der Waals surface area contributed by atoms with Gasteiger partial charge in [-0.2, -0.15) is 0 Å². The van der Waals surface area contributed by atoms with E-state index in [1.54, 1.807) is 24.4 Å². The Kier molecular flexibility index (Phi) is 2.95. The molecule has 0 bridgehead atoms. The van der Waals surface area contributed by atoms with Gasteiger partial charge in [-0.15, -0.1) is 0 Å². The van der Waals surface area contributed by atoms with Crippen LogP contribution in [0.15, 0.2) is 36.5 Å². The maximum atomic E-state index is 12.1. The van der Waals surface area contributed by atoms with Crippen molar-refractivity contribution in [1.29, 1.82) is 0 Å². The van der Waals surface area contributed by atoms with E-state index in [9.17, 15) is 13.2 Å². The fourth-order valence-corrected chi connectivity index (χ4v) is 3.18. The van der Waals surface area contributed by atoms with E-state index in [0.717, 1.165) is 10.9 Å². The smallest absolute Gasteiger partial charge is 0.228 e. The standard InChI is InChI=1S/C13H13N3O3S/c14-20(18,19)9-7-13(17)16(8-9)12-5-1-4-11-10(12)3-2-6-15-11/h1-6,9H,7-8H2,(H2,14,18,19). The Morgan fingerprint density at radius 1 is 1.25 bits per heavy atom. The number of rotatable bonds is 2. The molecule has 0 saturated carbocycles. The number of benzene rings is 1. The maximum Gasteiger partial charge on any atom is 0.228 e. The molecule has 1 atom stereocenters. The zero-order valence-electron chi connectivity index (χ0n) is 10.6. The quantitative estimate of drug-likeness (QED) is 0.878. The fourth-order valence-electron chi connectivity index (χ4n) is 2.45. The number of anilines is 1. The number of carbonyl (C=O) groups is 1. The van der Waals surface area contributed by atoms with Crippen LogP contribution in [0.5, 0.6) is 0 Å². The molecule has 1 fully saturated rings. The summed E-state index contributed by atoms with van der Waals surface area (Å²) < 4.78 is 22.8. The summed E-state index contributed by atoms with van der Waals surface area (Å²) in [6.45, 7) is 0.0890. The molecule has 104 valence electrons.